The van der Waals surface area contributed by atoms with Gasteiger partial charge in [0, 0.05) is 11.1 Å². The number of hydrogen-bond acceptors (Lipinski definition) is 3. The number of aliphatic imine (C=N–C) groups is 1. The molecule has 27 heavy (non-hydrogen) atoms. The van der Waals surface area contributed by atoms with Crippen LogP contribution in [-0.2, 0) is 9.53 Å². The molecule has 0 spiro atoms. The van der Waals surface area contributed by atoms with Gasteiger partial charge in [0.25, 0.3) is 0 Å². The lowest BCUT2D eigenvalue weighted by atomic mass is 10.0. The summed E-state index contributed by atoms with van der Waals surface area (Å²) in [5.74, 6) is -0.302. The van der Waals surface area contributed by atoms with Gasteiger partial charge in [-0.3, -0.25) is 4.99 Å². The SMILES string of the molecule is CC(C)=CCC(N=C(c1ccccc1)c1ccccc1)C(=O)OC(C)(C)C. The molecular formula is C24H29NO2. The fraction of sp³-hybridized carbons (Fsp3) is 0.333. The lowest BCUT2D eigenvalue weighted by Gasteiger charge is -2.22. The van der Waals surface area contributed by atoms with Crippen molar-refractivity contribution in [3.05, 3.63) is 83.4 Å². The topological polar surface area (TPSA) is 38.7 Å². The largest absolute Gasteiger partial charge is 0.458 e. The fourth-order valence-corrected chi connectivity index (χ4v) is 2.58. The molecule has 0 aliphatic carbocycles. The molecule has 0 N–H and O–H groups in total. The van der Waals surface area contributed by atoms with Crippen LogP contribution in [0.1, 0.15) is 52.2 Å². The number of benzene rings is 2. The lowest BCUT2D eigenvalue weighted by Crippen LogP contribution is -2.31. The minimum absolute atomic E-state index is 0.302. The van der Waals surface area contributed by atoms with Crippen LogP contribution in [0.5, 0.6) is 0 Å². The summed E-state index contributed by atoms with van der Waals surface area (Å²) >= 11 is 0. The van der Waals surface area contributed by atoms with E-state index in [0.29, 0.717) is 6.42 Å². The summed E-state index contributed by atoms with van der Waals surface area (Å²) in [6.07, 6.45) is 2.55. The van der Waals surface area contributed by atoms with Crippen molar-refractivity contribution in [3.8, 4) is 0 Å². The molecule has 142 valence electrons. The van der Waals surface area contributed by atoms with Crippen LogP contribution >= 0.6 is 0 Å². The Kier molecular flexibility index (Phi) is 7.12. The number of carbonyl (C=O) groups excluding carboxylic acids is 1. The average Bonchev–Trinajstić information content (AvgIpc) is 2.61. The van der Waals surface area contributed by atoms with E-state index in [0.717, 1.165) is 22.4 Å². The lowest BCUT2D eigenvalue weighted by molar-refractivity contribution is -0.156. The average molecular weight is 364 g/mol. The second-order valence-corrected chi connectivity index (χ2v) is 7.78. The van der Waals surface area contributed by atoms with Gasteiger partial charge >= 0.3 is 5.97 Å². The van der Waals surface area contributed by atoms with Gasteiger partial charge < -0.3 is 4.74 Å². The molecule has 0 radical (unpaired) electrons. The Labute approximate surface area is 162 Å². The third-order valence-electron chi connectivity index (χ3n) is 3.81. The van der Waals surface area contributed by atoms with Gasteiger partial charge in [0.05, 0.1) is 5.71 Å². The Morgan fingerprint density at radius 3 is 1.85 bits per heavy atom. The van der Waals surface area contributed by atoms with E-state index in [4.69, 9.17) is 9.73 Å². The van der Waals surface area contributed by atoms with E-state index in [9.17, 15) is 4.79 Å². The first-order valence-electron chi connectivity index (χ1n) is 9.31. The van der Waals surface area contributed by atoms with Crippen molar-refractivity contribution in [2.75, 3.05) is 0 Å². The molecule has 0 saturated heterocycles. The molecular weight excluding hydrogens is 334 g/mol. The molecule has 0 bridgehead atoms. The maximum absolute atomic E-state index is 12.8. The normalized spacial score (nSPS) is 12.0. The first kappa shape index (κ1) is 20.6. The highest BCUT2D eigenvalue weighted by Gasteiger charge is 2.25. The van der Waals surface area contributed by atoms with Crippen LogP contribution in [-0.4, -0.2) is 23.3 Å². The van der Waals surface area contributed by atoms with Crippen molar-refractivity contribution >= 4 is 11.7 Å². The molecule has 0 fully saturated rings. The minimum atomic E-state index is -0.588. The molecule has 2 aromatic rings. The molecule has 1 atom stereocenters. The molecule has 2 rings (SSSR count). The monoisotopic (exact) mass is 363 g/mol. The maximum Gasteiger partial charge on any atom is 0.331 e. The number of carbonyl (C=O) groups is 1. The highest BCUT2D eigenvalue weighted by Crippen LogP contribution is 2.17. The Balaban J connectivity index is 2.49. The third-order valence-corrected chi connectivity index (χ3v) is 3.81. The molecule has 2 aromatic carbocycles. The Morgan fingerprint density at radius 1 is 0.963 bits per heavy atom. The molecule has 0 aromatic heterocycles. The van der Waals surface area contributed by atoms with Crippen molar-refractivity contribution in [1.29, 1.82) is 0 Å². The molecule has 0 aliphatic heterocycles. The maximum atomic E-state index is 12.8. The number of nitrogens with zero attached hydrogens (tertiary/aromatic N) is 1. The van der Waals surface area contributed by atoms with Gasteiger partial charge in [-0.05, 0) is 41.0 Å². The number of esters is 1. The molecule has 0 heterocycles. The van der Waals surface area contributed by atoms with Gasteiger partial charge in [0.15, 0.2) is 6.04 Å². The van der Waals surface area contributed by atoms with Gasteiger partial charge in [-0.2, -0.15) is 0 Å². The molecule has 1 unspecified atom stereocenters. The number of ether oxygens (including phenoxy) is 1. The van der Waals surface area contributed by atoms with Crippen LogP contribution < -0.4 is 0 Å². The standard InChI is InChI=1S/C24H29NO2/c1-18(2)16-17-21(23(26)27-24(3,4)5)25-22(19-12-8-6-9-13-19)20-14-10-7-11-15-20/h6-16,21H,17H2,1-5H3. The van der Waals surface area contributed by atoms with Crippen LogP contribution in [0.25, 0.3) is 0 Å². The van der Waals surface area contributed by atoms with Crippen LogP contribution in [0.3, 0.4) is 0 Å². The van der Waals surface area contributed by atoms with E-state index < -0.39 is 11.6 Å². The minimum Gasteiger partial charge on any atom is -0.458 e. The molecule has 3 nitrogen and oxygen atoms in total. The summed E-state index contributed by atoms with van der Waals surface area (Å²) in [4.78, 5) is 17.7. The number of hydrogen-bond donors (Lipinski definition) is 0. The van der Waals surface area contributed by atoms with Crippen molar-refractivity contribution in [2.45, 2.75) is 52.7 Å². The van der Waals surface area contributed by atoms with Crippen LogP contribution in [0.15, 0.2) is 77.3 Å². The Bertz CT molecular complexity index is 754. The zero-order chi connectivity index (χ0) is 19.9. The Morgan fingerprint density at radius 2 is 1.44 bits per heavy atom. The second-order valence-electron chi connectivity index (χ2n) is 7.78. The van der Waals surface area contributed by atoms with E-state index in [2.05, 4.69) is 0 Å². The quantitative estimate of drug-likeness (QED) is 0.381. The van der Waals surface area contributed by atoms with Gasteiger partial charge in [-0.25, -0.2) is 4.79 Å². The summed E-state index contributed by atoms with van der Waals surface area (Å²) in [5.41, 5.74) is 3.37. The fourth-order valence-electron chi connectivity index (χ4n) is 2.58. The van der Waals surface area contributed by atoms with Gasteiger partial charge in [-0.1, -0.05) is 72.3 Å². The van der Waals surface area contributed by atoms with E-state index in [1.165, 1.54) is 0 Å². The molecule has 0 amide bonds. The zero-order valence-corrected chi connectivity index (χ0v) is 16.9. The van der Waals surface area contributed by atoms with Gasteiger partial charge in [0.2, 0.25) is 0 Å². The summed E-state index contributed by atoms with van der Waals surface area (Å²) < 4.78 is 5.63. The first-order valence-corrected chi connectivity index (χ1v) is 9.31. The summed E-state index contributed by atoms with van der Waals surface area (Å²) in [6.45, 7) is 9.67. The number of rotatable bonds is 6. The van der Waals surface area contributed by atoms with Crippen molar-refractivity contribution < 1.29 is 9.53 Å². The first-order chi connectivity index (χ1) is 12.8. The van der Waals surface area contributed by atoms with Crippen molar-refractivity contribution in [2.24, 2.45) is 4.99 Å². The molecule has 3 heteroatoms. The highest BCUT2D eigenvalue weighted by molar-refractivity contribution is 6.13. The van der Waals surface area contributed by atoms with Crippen LogP contribution in [0.4, 0.5) is 0 Å². The van der Waals surface area contributed by atoms with Gasteiger partial charge in [-0.15, -0.1) is 0 Å². The predicted octanol–water partition coefficient (Wildman–Crippen LogP) is 5.59. The van der Waals surface area contributed by atoms with Gasteiger partial charge in [0.1, 0.15) is 5.60 Å². The number of allylic oxidation sites excluding steroid dienone is 1. The van der Waals surface area contributed by atoms with Crippen LogP contribution in [0.2, 0.25) is 0 Å². The smallest absolute Gasteiger partial charge is 0.331 e. The zero-order valence-electron chi connectivity index (χ0n) is 16.9. The van der Waals surface area contributed by atoms with Crippen molar-refractivity contribution in [3.63, 3.8) is 0 Å². The van der Waals surface area contributed by atoms with E-state index in [1.54, 1.807) is 0 Å². The van der Waals surface area contributed by atoms with E-state index in [1.807, 2.05) is 101 Å². The summed E-state index contributed by atoms with van der Waals surface area (Å²) in [5, 5.41) is 0. The molecule has 0 aliphatic rings. The Hall–Kier alpha value is -2.68. The van der Waals surface area contributed by atoms with Crippen LogP contribution in [0, 0.1) is 0 Å². The van der Waals surface area contributed by atoms with E-state index >= 15 is 0 Å². The second kappa shape index (κ2) is 9.31. The van der Waals surface area contributed by atoms with E-state index in [-0.39, 0.29) is 5.97 Å². The predicted molar refractivity (Wildman–Crippen MR) is 112 cm³/mol. The summed E-state index contributed by atoms with van der Waals surface area (Å²) in [6, 6.07) is 19.3. The van der Waals surface area contributed by atoms with Crippen molar-refractivity contribution in [1.82, 2.24) is 0 Å². The molecule has 0 saturated carbocycles. The third kappa shape index (κ3) is 6.86. The summed E-state index contributed by atoms with van der Waals surface area (Å²) in [7, 11) is 0. The highest BCUT2D eigenvalue weighted by atomic mass is 16.6.